The first kappa shape index (κ1) is 106. The molecule has 0 saturated carbocycles. The van der Waals surface area contributed by atoms with E-state index in [2.05, 4.69) is 0 Å². The number of anilines is 6. The summed E-state index contributed by atoms with van der Waals surface area (Å²) in [5.41, 5.74) is 9.88. The Morgan fingerprint density at radius 3 is 0.957 bits per heavy atom. The minimum absolute atomic E-state index is 0.0631. The van der Waals surface area contributed by atoms with Crippen LogP contribution in [0.15, 0.2) is 154 Å². The number of nitrogens with zero attached hydrogens (tertiary/aromatic N) is 9. The molecule has 3 heterocycles. The lowest BCUT2D eigenvalue weighted by atomic mass is 9.93. The largest absolute Gasteiger partial charge is 0.488 e. The number of benzene rings is 8. The van der Waals surface area contributed by atoms with Crippen molar-refractivity contribution in [1.29, 1.82) is 0 Å². The van der Waals surface area contributed by atoms with Crippen LogP contribution in [0.3, 0.4) is 0 Å². The van der Waals surface area contributed by atoms with Crippen LogP contribution < -0.4 is 68.2 Å². The molecule has 37 heteroatoms. The van der Waals surface area contributed by atoms with Gasteiger partial charge in [-0.15, -0.1) is 5.06 Å². The van der Waals surface area contributed by atoms with Crippen LogP contribution >= 0.6 is 0 Å². The van der Waals surface area contributed by atoms with Crippen LogP contribution in [0.5, 0.6) is 23.0 Å². The number of carboxylic acids is 1. The second-order valence-electron chi connectivity index (χ2n) is 32.3. The van der Waals surface area contributed by atoms with Crippen molar-refractivity contribution in [3.8, 4) is 67.9 Å². The van der Waals surface area contributed by atoms with Gasteiger partial charge in [0, 0.05) is 110 Å². The Balaban J connectivity index is 0.000000288. The van der Waals surface area contributed by atoms with Gasteiger partial charge >= 0.3 is 59.7 Å². The Labute approximate surface area is 804 Å². The molecule has 0 bridgehead atoms. The number of hydrogen-bond acceptors (Lipinski definition) is 33. The van der Waals surface area contributed by atoms with E-state index in [1.165, 1.54) is 37.8 Å². The highest BCUT2D eigenvalue weighted by molar-refractivity contribution is 6.06. The van der Waals surface area contributed by atoms with E-state index in [1.54, 1.807) is 85.7 Å². The lowest BCUT2D eigenvalue weighted by Gasteiger charge is -2.27. The van der Waals surface area contributed by atoms with E-state index < -0.39 is 91.0 Å². The average Bonchev–Trinajstić information content (AvgIpc) is 1.43. The van der Waals surface area contributed by atoms with E-state index in [-0.39, 0.29) is 166 Å². The maximum atomic E-state index is 13.1. The minimum Gasteiger partial charge on any atom is -0.488 e. The highest BCUT2D eigenvalue weighted by Crippen LogP contribution is 2.47. The van der Waals surface area contributed by atoms with Crippen molar-refractivity contribution in [3.05, 3.63) is 167 Å². The van der Waals surface area contributed by atoms with Gasteiger partial charge in [-0.25, -0.2) is 13.9 Å². The number of esters is 8. The highest BCUT2D eigenvalue weighted by atomic mass is 16.7. The van der Waals surface area contributed by atoms with E-state index in [9.17, 15) is 62.6 Å². The fraction of sp³-hybridized carbons (Fsp3) is 0.392. The summed E-state index contributed by atoms with van der Waals surface area (Å²) in [5, 5.41) is 13.5. The van der Waals surface area contributed by atoms with Crippen molar-refractivity contribution in [1.82, 2.24) is 14.2 Å². The molecule has 0 unspecified atom stereocenters. The Morgan fingerprint density at radius 1 is 0.345 bits per heavy atom. The predicted octanol–water partition coefficient (Wildman–Crippen LogP) is 10.0. The summed E-state index contributed by atoms with van der Waals surface area (Å²) < 4.78 is 84.8. The minimum atomic E-state index is -1.08. The Bertz CT molecular complexity index is 6100. The first-order valence-electron chi connectivity index (χ1n) is 45.6. The van der Waals surface area contributed by atoms with Crippen LogP contribution in [0.1, 0.15) is 79.4 Å². The van der Waals surface area contributed by atoms with Gasteiger partial charge in [0.15, 0.2) is 0 Å². The maximum absolute atomic E-state index is 13.1. The molecule has 6 aromatic carbocycles. The highest BCUT2D eigenvalue weighted by Gasteiger charge is 2.35. The number of carbonyl (C=O) groups excluding carboxylic acids is 11. The summed E-state index contributed by atoms with van der Waals surface area (Å²) in [6.45, 7) is 11.0. The normalized spacial score (nSPS) is 11.5. The third-order valence-corrected chi connectivity index (χ3v) is 21.5. The summed E-state index contributed by atoms with van der Waals surface area (Å²) in [7, 11) is 15.6. The molecule has 2 amide bonds. The molecule has 139 heavy (non-hydrogen) atoms. The monoisotopic (exact) mass is 1920 g/mol. The first-order chi connectivity index (χ1) is 66.7. The van der Waals surface area contributed by atoms with Gasteiger partial charge in [-0.3, -0.25) is 52.7 Å². The topological polar surface area (TPSA) is 400 Å². The van der Waals surface area contributed by atoms with E-state index in [4.69, 9.17) is 70.5 Å². The summed E-state index contributed by atoms with van der Waals surface area (Å²) in [6.07, 6.45) is -0.892. The summed E-state index contributed by atoms with van der Waals surface area (Å²) in [4.78, 5) is 168. The van der Waals surface area contributed by atoms with Crippen LogP contribution in [0.4, 0.5) is 34.1 Å². The number of carbonyl (C=O) groups is 12. The molecule has 1 fully saturated rings. The van der Waals surface area contributed by atoms with Crippen molar-refractivity contribution < 1.29 is 133 Å². The van der Waals surface area contributed by atoms with Gasteiger partial charge in [-0.1, -0.05) is 24.3 Å². The van der Waals surface area contributed by atoms with Crippen molar-refractivity contribution in [2.75, 3.05) is 217 Å². The molecular formula is C102H121N9O28+2. The molecule has 11 rings (SSSR count). The first-order valence-corrected chi connectivity index (χ1v) is 45.6. The molecule has 6 aromatic rings. The van der Waals surface area contributed by atoms with Crippen LogP contribution in [0, 0.1) is 0 Å². The van der Waals surface area contributed by atoms with Gasteiger partial charge in [0.05, 0.1) is 101 Å². The second-order valence-corrected chi connectivity index (χ2v) is 32.3. The van der Waals surface area contributed by atoms with E-state index >= 15 is 0 Å². The zero-order valence-electron chi connectivity index (χ0n) is 81.3. The molecule has 0 aromatic heterocycles. The number of hydroxylamine groups is 2. The standard InChI is InChI=1S/C53H62N5O15.C49H58N4O13/c1-9-66-49(62)30-56(31-50(63)67-10-2)40-19-14-35(53-38-17-15-36(54(5)6)28-43(38)72-44-29-37(55(7)8)16-18-39(44)53)27-45(40)71-24-23-70-42-20-13-34(26-48(61)73-58-46(59)21-22-47(58)60)25-41(42)57(32-51(64)68-11-3)33-52(65)69-12-4;1-9-60-45(56)28-52(29-46(57)61-10-2)38-19-14-33(49-36-17-15-34(50(5)6)26-41(36)66-42-27-35(51(7)8)16-18-37(42)49)25-43(38)65-22-21-64-40-20-13-32(24-44(54)55)23-39(40)53(30-47(58)62-11-3)31-48(59)63-12-4/h13-20,25,27-29H,9-12,21-24,26,30-33H2,1-8H3;13-20,23,25-27H,9-12,21-22,24,28-31H2,1-8H3/q+1;/p+1. The van der Waals surface area contributed by atoms with Crippen molar-refractivity contribution in [2.24, 2.45) is 0 Å². The number of ether oxygens (including phenoxy) is 12. The fourth-order valence-corrected chi connectivity index (χ4v) is 15.2. The molecule has 37 nitrogen and oxygen atoms in total. The molecule has 740 valence electrons. The third kappa shape index (κ3) is 29.1. The number of rotatable bonds is 47. The van der Waals surface area contributed by atoms with Crippen molar-refractivity contribution in [2.45, 2.75) is 81.1 Å². The fourth-order valence-electron chi connectivity index (χ4n) is 15.2. The second kappa shape index (κ2) is 50.9. The van der Waals surface area contributed by atoms with Crippen LogP contribution in [0.2, 0.25) is 0 Å². The Morgan fingerprint density at radius 2 is 0.655 bits per heavy atom. The third-order valence-electron chi connectivity index (χ3n) is 21.5. The number of carboxylic acid groups (broad SMARTS) is 1. The van der Waals surface area contributed by atoms with Gasteiger partial charge in [-0.05, 0) is 163 Å². The molecule has 1 saturated heterocycles. The average molecular weight is 1920 g/mol. The lowest BCUT2D eigenvalue weighted by molar-refractivity contribution is -0.197. The predicted molar refractivity (Wildman–Crippen MR) is 518 cm³/mol. The summed E-state index contributed by atoms with van der Waals surface area (Å²) in [5.74, 6) is -5.89. The number of hydrogen-bond donors (Lipinski definition) is 1. The molecular weight excluding hydrogens is 1800 g/mol. The van der Waals surface area contributed by atoms with Gasteiger partial charge in [0.1, 0.15) is 153 Å². The molecule has 1 N–H and O–H groups in total. The number of aliphatic carboxylic acids is 1. The molecule has 0 radical (unpaired) electrons. The van der Waals surface area contributed by atoms with E-state index in [0.29, 0.717) is 56.0 Å². The van der Waals surface area contributed by atoms with Gasteiger partial charge in [0.25, 0.3) is 11.8 Å². The summed E-state index contributed by atoms with van der Waals surface area (Å²) >= 11 is 0. The smallest absolute Gasteiger partial charge is 0.337 e. The summed E-state index contributed by atoms with van der Waals surface area (Å²) in [6, 6.07) is 44.1. The molecule has 3 aliphatic heterocycles. The Hall–Kier alpha value is -15.5. The molecule has 5 aliphatic rings. The zero-order valence-corrected chi connectivity index (χ0v) is 81.3. The lowest BCUT2D eigenvalue weighted by Crippen LogP contribution is -2.37. The van der Waals surface area contributed by atoms with E-state index in [1.807, 2.05) is 172 Å². The molecule has 2 aliphatic carbocycles. The molecule has 0 spiro atoms. The van der Waals surface area contributed by atoms with Gasteiger partial charge in [0.2, 0.25) is 10.7 Å². The quantitative estimate of drug-likeness (QED) is 0.00925. The van der Waals surface area contributed by atoms with Crippen molar-refractivity contribution >= 4 is 128 Å². The number of imide groups is 1. The van der Waals surface area contributed by atoms with Crippen LogP contribution in [-0.2, 0) is 113 Å². The van der Waals surface area contributed by atoms with Crippen molar-refractivity contribution in [3.63, 3.8) is 0 Å². The zero-order chi connectivity index (χ0) is 101. The SMILES string of the molecule is CCOC(=O)CN(CC(=O)OCC)c1ccc(-c2c3ccc(=[N+](C)C)cc-3oc3cc(N(C)C)ccc23)cc1OCCOc1ccc(CC(=O)O)cc1N(CC(=O)OCC)CC(=O)OCC.CCOC(=O)CN(CC(=O)OCC)c1ccc(-c2c3ccc(=[N+](C)C)cc-3oc3cc(N(C)C)ccc23)cc1OCCOc1ccc(CC(=O)ON2C(=O)CCC2=O)cc1N(CC(=O)OCC)CC(=O)OCC. The van der Waals surface area contributed by atoms with E-state index in [0.717, 1.165) is 66.2 Å². The molecule has 0 atom stereocenters. The number of fused-ring (bicyclic) bond motifs is 4. The van der Waals surface area contributed by atoms with Crippen LogP contribution in [0.25, 0.3) is 66.8 Å². The van der Waals surface area contributed by atoms with Gasteiger partial charge in [-0.2, -0.15) is 0 Å². The van der Waals surface area contributed by atoms with Gasteiger partial charge < -0.3 is 105 Å². The maximum Gasteiger partial charge on any atom is 0.337 e. The number of amides is 2. The Kier molecular flexibility index (Phi) is 38.7. The van der Waals surface area contributed by atoms with Crippen LogP contribution in [-0.4, -0.2) is 270 Å².